The molecule has 1 fully saturated rings. The zero-order valence-electron chi connectivity index (χ0n) is 16.9. The van der Waals surface area contributed by atoms with Crippen LogP contribution in [0, 0.1) is 0 Å². The third kappa shape index (κ3) is 3.07. The van der Waals surface area contributed by atoms with Gasteiger partial charge in [0.05, 0.1) is 0 Å². The standard InChI is InChI=1S/C24H25N3O3/c28-21(25-19-12-11-16-8-5-9-18(16)14-19)15-27-22(29)24(26-23(27)30)13-4-3-7-17-6-1-2-10-20(17)24/h1-2,6,10-12,14H,3-5,7-9,13,15H2,(H,25,28)(H,26,30)/t24-/m1/s1. The van der Waals surface area contributed by atoms with Crippen LogP contribution in [0.25, 0.3) is 0 Å². The van der Waals surface area contributed by atoms with E-state index < -0.39 is 11.6 Å². The van der Waals surface area contributed by atoms with Gasteiger partial charge in [-0.1, -0.05) is 30.3 Å². The second-order valence-electron chi connectivity index (χ2n) is 8.48. The van der Waals surface area contributed by atoms with Gasteiger partial charge in [0, 0.05) is 5.69 Å². The fourth-order valence-electron chi connectivity index (χ4n) is 5.11. The Morgan fingerprint density at radius 2 is 1.77 bits per heavy atom. The Morgan fingerprint density at radius 1 is 0.967 bits per heavy atom. The number of aryl methyl sites for hydroxylation is 3. The molecule has 1 aliphatic heterocycles. The fraction of sp³-hybridized carbons (Fsp3) is 0.375. The van der Waals surface area contributed by atoms with Gasteiger partial charge in [-0.3, -0.25) is 14.5 Å². The van der Waals surface area contributed by atoms with Crippen molar-refractivity contribution < 1.29 is 14.4 Å². The molecule has 4 amide bonds. The molecule has 2 aromatic rings. The summed E-state index contributed by atoms with van der Waals surface area (Å²) in [5.74, 6) is -0.693. The summed E-state index contributed by atoms with van der Waals surface area (Å²) in [6, 6.07) is 13.2. The predicted molar refractivity (Wildman–Crippen MR) is 113 cm³/mol. The number of carbonyl (C=O) groups is 3. The van der Waals surface area contributed by atoms with Crippen molar-refractivity contribution >= 4 is 23.5 Å². The molecule has 1 spiro atoms. The van der Waals surface area contributed by atoms with Gasteiger partial charge in [0.2, 0.25) is 5.91 Å². The van der Waals surface area contributed by atoms with Crippen molar-refractivity contribution in [1.29, 1.82) is 0 Å². The van der Waals surface area contributed by atoms with Crippen LogP contribution in [0.3, 0.4) is 0 Å². The second kappa shape index (κ2) is 7.27. The van der Waals surface area contributed by atoms with Gasteiger partial charge in [0.15, 0.2) is 0 Å². The van der Waals surface area contributed by atoms with E-state index >= 15 is 0 Å². The molecule has 6 heteroatoms. The highest BCUT2D eigenvalue weighted by Gasteiger charge is 2.53. The summed E-state index contributed by atoms with van der Waals surface area (Å²) in [5, 5.41) is 5.78. The summed E-state index contributed by atoms with van der Waals surface area (Å²) in [7, 11) is 0. The predicted octanol–water partition coefficient (Wildman–Crippen LogP) is 3.29. The number of anilines is 1. The van der Waals surface area contributed by atoms with E-state index in [0.717, 1.165) is 54.6 Å². The molecule has 0 saturated carbocycles. The zero-order valence-corrected chi connectivity index (χ0v) is 16.9. The van der Waals surface area contributed by atoms with Gasteiger partial charge in [-0.15, -0.1) is 0 Å². The zero-order chi connectivity index (χ0) is 20.7. The minimum Gasteiger partial charge on any atom is -0.325 e. The Bertz CT molecular complexity index is 1050. The fourth-order valence-corrected chi connectivity index (χ4v) is 5.11. The van der Waals surface area contributed by atoms with Crippen LogP contribution >= 0.6 is 0 Å². The van der Waals surface area contributed by atoms with Crippen molar-refractivity contribution in [2.75, 3.05) is 11.9 Å². The van der Waals surface area contributed by atoms with Gasteiger partial charge in [-0.05, 0) is 79.3 Å². The quantitative estimate of drug-likeness (QED) is 0.772. The Hall–Kier alpha value is -3.15. The number of rotatable bonds is 3. The van der Waals surface area contributed by atoms with Gasteiger partial charge in [0.1, 0.15) is 12.1 Å². The molecule has 0 unspecified atom stereocenters. The lowest BCUT2D eigenvalue weighted by molar-refractivity contribution is -0.134. The van der Waals surface area contributed by atoms with Crippen LogP contribution in [-0.4, -0.2) is 29.3 Å². The SMILES string of the molecule is O=C(CN1C(=O)N[C@@]2(CCCCc3ccccc32)C1=O)Nc1ccc2c(c1)CCC2. The molecule has 3 aliphatic rings. The lowest BCUT2D eigenvalue weighted by atomic mass is 9.84. The van der Waals surface area contributed by atoms with E-state index in [1.54, 1.807) is 0 Å². The number of nitrogens with zero attached hydrogens (tertiary/aromatic N) is 1. The summed E-state index contributed by atoms with van der Waals surface area (Å²) in [6.45, 7) is -0.286. The smallest absolute Gasteiger partial charge is 0.325 e. The van der Waals surface area contributed by atoms with Crippen LogP contribution in [0.2, 0.25) is 0 Å². The van der Waals surface area contributed by atoms with Crippen molar-refractivity contribution in [2.45, 2.75) is 50.5 Å². The van der Waals surface area contributed by atoms with Crippen molar-refractivity contribution in [3.05, 3.63) is 64.7 Å². The molecule has 1 saturated heterocycles. The van der Waals surface area contributed by atoms with E-state index in [0.29, 0.717) is 12.1 Å². The highest BCUT2D eigenvalue weighted by molar-refractivity contribution is 6.10. The second-order valence-corrected chi connectivity index (χ2v) is 8.48. The van der Waals surface area contributed by atoms with E-state index in [9.17, 15) is 14.4 Å². The van der Waals surface area contributed by atoms with E-state index in [1.807, 2.05) is 42.5 Å². The van der Waals surface area contributed by atoms with Gasteiger partial charge in [0.25, 0.3) is 5.91 Å². The van der Waals surface area contributed by atoms with E-state index in [2.05, 4.69) is 10.6 Å². The maximum atomic E-state index is 13.4. The Morgan fingerprint density at radius 3 is 2.67 bits per heavy atom. The third-order valence-electron chi connectivity index (χ3n) is 6.58. The van der Waals surface area contributed by atoms with Crippen LogP contribution in [0.5, 0.6) is 0 Å². The summed E-state index contributed by atoms with van der Waals surface area (Å²) in [4.78, 5) is 39.9. The van der Waals surface area contributed by atoms with Crippen molar-refractivity contribution in [2.24, 2.45) is 0 Å². The highest BCUT2D eigenvalue weighted by atomic mass is 16.2. The molecular formula is C24H25N3O3. The molecule has 2 aliphatic carbocycles. The third-order valence-corrected chi connectivity index (χ3v) is 6.58. The summed E-state index contributed by atoms with van der Waals surface area (Å²) < 4.78 is 0. The normalized spacial score (nSPS) is 22.5. The monoisotopic (exact) mass is 403 g/mol. The number of hydrogen-bond donors (Lipinski definition) is 2. The number of benzene rings is 2. The number of fused-ring (bicyclic) bond motifs is 3. The van der Waals surface area contributed by atoms with Crippen LogP contribution in [0.15, 0.2) is 42.5 Å². The minimum atomic E-state index is -1.06. The molecule has 1 atom stereocenters. The van der Waals surface area contributed by atoms with Gasteiger partial charge < -0.3 is 10.6 Å². The number of hydrogen-bond acceptors (Lipinski definition) is 3. The van der Waals surface area contributed by atoms with Crippen LogP contribution in [0.4, 0.5) is 10.5 Å². The van der Waals surface area contributed by atoms with Crippen molar-refractivity contribution in [3.8, 4) is 0 Å². The summed E-state index contributed by atoms with van der Waals surface area (Å²) in [5.41, 5.74) is 4.20. The van der Waals surface area contributed by atoms with Crippen LogP contribution in [0.1, 0.15) is 47.9 Å². The Kier molecular flexibility index (Phi) is 4.57. The number of urea groups is 1. The molecule has 0 bridgehead atoms. The number of amides is 4. The number of carbonyl (C=O) groups excluding carboxylic acids is 3. The van der Waals surface area contributed by atoms with Gasteiger partial charge in [-0.2, -0.15) is 0 Å². The number of nitrogens with one attached hydrogen (secondary N) is 2. The van der Waals surface area contributed by atoms with E-state index in [1.165, 1.54) is 11.1 Å². The lowest BCUT2D eigenvalue weighted by Crippen LogP contribution is -2.44. The van der Waals surface area contributed by atoms with Crippen LogP contribution < -0.4 is 10.6 Å². The molecule has 0 aromatic heterocycles. The van der Waals surface area contributed by atoms with E-state index in [4.69, 9.17) is 0 Å². The van der Waals surface area contributed by atoms with Gasteiger partial charge in [-0.25, -0.2) is 4.79 Å². The molecule has 154 valence electrons. The maximum Gasteiger partial charge on any atom is 0.325 e. The maximum absolute atomic E-state index is 13.4. The minimum absolute atomic E-state index is 0.286. The first-order valence-electron chi connectivity index (χ1n) is 10.7. The lowest BCUT2D eigenvalue weighted by Gasteiger charge is -2.27. The van der Waals surface area contributed by atoms with Crippen molar-refractivity contribution in [3.63, 3.8) is 0 Å². The number of imide groups is 1. The molecule has 2 N–H and O–H groups in total. The first-order chi connectivity index (χ1) is 14.6. The average Bonchev–Trinajstić information content (AvgIpc) is 3.23. The van der Waals surface area contributed by atoms with Gasteiger partial charge >= 0.3 is 6.03 Å². The molecule has 6 nitrogen and oxygen atoms in total. The Labute approximate surface area is 175 Å². The molecule has 1 heterocycles. The van der Waals surface area contributed by atoms with Crippen molar-refractivity contribution in [1.82, 2.24) is 10.2 Å². The topological polar surface area (TPSA) is 78.5 Å². The van der Waals surface area contributed by atoms with E-state index in [-0.39, 0.29) is 18.4 Å². The molecule has 30 heavy (non-hydrogen) atoms. The Balaban J connectivity index is 1.35. The highest BCUT2D eigenvalue weighted by Crippen LogP contribution is 2.39. The molecule has 0 radical (unpaired) electrons. The largest absolute Gasteiger partial charge is 0.325 e. The first kappa shape index (κ1) is 18.9. The molecule has 2 aromatic carbocycles. The first-order valence-corrected chi connectivity index (χ1v) is 10.7. The molecular weight excluding hydrogens is 378 g/mol. The summed E-state index contributed by atoms with van der Waals surface area (Å²) >= 11 is 0. The average molecular weight is 403 g/mol. The summed E-state index contributed by atoms with van der Waals surface area (Å²) in [6.07, 6.45) is 6.50. The molecule has 5 rings (SSSR count). The van der Waals surface area contributed by atoms with Crippen LogP contribution in [-0.2, 0) is 34.4 Å².